The summed E-state index contributed by atoms with van der Waals surface area (Å²) in [5, 5.41) is 11.5. The lowest BCUT2D eigenvalue weighted by molar-refractivity contribution is -0.137. The van der Waals surface area contributed by atoms with Crippen molar-refractivity contribution in [3.05, 3.63) is 35.9 Å². The fourth-order valence-electron chi connectivity index (χ4n) is 1.20. The molecule has 2 N–H and O–H groups in total. The van der Waals surface area contributed by atoms with Crippen molar-refractivity contribution in [2.24, 2.45) is 0 Å². The molecule has 1 aromatic carbocycles. The maximum Gasteiger partial charge on any atom is 0.303 e. The first kappa shape index (κ1) is 14.0. The van der Waals surface area contributed by atoms with Gasteiger partial charge in [0.05, 0.1) is 0 Å². The summed E-state index contributed by atoms with van der Waals surface area (Å²) in [7, 11) is 0. The number of carbonyl (C=O) groups is 1. The zero-order chi connectivity index (χ0) is 12.5. The van der Waals surface area contributed by atoms with Crippen LogP contribution in [0.25, 0.3) is 0 Å². The first-order chi connectivity index (χ1) is 8.18. The lowest BCUT2D eigenvalue weighted by Gasteiger charge is -2.06. The molecule has 0 amide bonds. The largest absolute Gasteiger partial charge is 0.481 e. The van der Waals surface area contributed by atoms with E-state index in [1.165, 1.54) is 5.56 Å². The summed E-state index contributed by atoms with van der Waals surface area (Å²) in [4.78, 5) is 10.3. The van der Waals surface area contributed by atoms with Crippen LogP contribution in [0, 0.1) is 0 Å². The molecule has 0 atom stereocenters. The van der Waals surface area contributed by atoms with E-state index in [-0.39, 0.29) is 6.42 Å². The van der Waals surface area contributed by atoms with Gasteiger partial charge in [0.25, 0.3) is 0 Å². The number of carboxylic acid groups (broad SMARTS) is 1. The van der Waals surface area contributed by atoms with Gasteiger partial charge in [-0.1, -0.05) is 54.3 Å². The highest BCUT2D eigenvalue weighted by atomic mass is 32.2. The normalized spacial score (nSPS) is 9.88. The molecule has 5 heteroatoms. The fourth-order valence-corrected chi connectivity index (χ4v) is 2.18. The molecule has 0 aliphatic heterocycles. The average Bonchev–Trinajstić information content (AvgIpc) is 2.33. The molecule has 17 heavy (non-hydrogen) atoms. The topological polar surface area (TPSA) is 49.3 Å². The van der Waals surface area contributed by atoms with Gasteiger partial charge < -0.3 is 10.4 Å². The first-order valence-corrected chi connectivity index (χ1v) is 6.74. The minimum Gasteiger partial charge on any atom is -0.481 e. The van der Waals surface area contributed by atoms with E-state index in [1.54, 1.807) is 11.8 Å². The standard InChI is InChI=1S/C12H15NO2S2/c14-11(15)7-4-8-13-12(16)17-9-10-5-2-1-3-6-10/h1-3,5-6H,4,7-9H2,(H,13,16)(H,14,15). The number of benzene rings is 1. The van der Waals surface area contributed by atoms with Gasteiger partial charge in [-0.2, -0.15) is 0 Å². The average molecular weight is 269 g/mol. The van der Waals surface area contributed by atoms with E-state index >= 15 is 0 Å². The van der Waals surface area contributed by atoms with Gasteiger partial charge in [-0.25, -0.2) is 0 Å². The monoisotopic (exact) mass is 269 g/mol. The SMILES string of the molecule is O=C(O)CCCNC(=S)SCc1ccccc1. The Hall–Kier alpha value is -1.07. The molecule has 0 fully saturated rings. The van der Waals surface area contributed by atoms with Gasteiger partial charge in [-0.05, 0) is 12.0 Å². The Labute approximate surface area is 111 Å². The van der Waals surface area contributed by atoms with E-state index in [2.05, 4.69) is 17.4 Å². The number of aliphatic carboxylic acids is 1. The van der Waals surface area contributed by atoms with Crippen molar-refractivity contribution < 1.29 is 9.90 Å². The van der Waals surface area contributed by atoms with Gasteiger partial charge in [0.1, 0.15) is 4.32 Å². The lowest BCUT2D eigenvalue weighted by Crippen LogP contribution is -2.20. The quantitative estimate of drug-likeness (QED) is 0.614. The Kier molecular flexibility index (Phi) is 6.65. The molecule has 1 aromatic rings. The summed E-state index contributed by atoms with van der Waals surface area (Å²) in [6.45, 7) is 0.618. The minimum atomic E-state index is -0.769. The highest BCUT2D eigenvalue weighted by Crippen LogP contribution is 2.12. The number of nitrogens with one attached hydrogen (secondary N) is 1. The molecule has 0 unspecified atom stereocenters. The second kappa shape index (κ2) is 8.08. The van der Waals surface area contributed by atoms with Crippen LogP contribution in [0.3, 0.4) is 0 Å². The van der Waals surface area contributed by atoms with Gasteiger partial charge in [0.2, 0.25) is 0 Å². The van der Waals surface area contributed by atoms with Crippen LogP contribution in [0.1, 0.15) is 18.4 Å². The summed E-state index contributed by atoms with van der Waals surface area (Å²) in [6.07, 6.45) is 0.778. The van der Waals surface area contributed by atoms with Gasteiger partial charge in [0, 0.05) is 18.7 Å². The molecule has 0 saturated heterocycles. The van der Waals surface area contributed by atoms with Crippen molar-refractivity contribution >= 4 is 34.3 Å². The molecule has 92 valence electrons. The maximum atomic E-state index is 10.3. The lowest BCUT2D eigenvalue weighted by atomic mass is 10.2. The highest BCUT2D eigenvalue weighted by Gasteiger charge is 2.00. The Balaban J connectivity index is 2.11. The van der Waals surface area contributed by atoms with Crippen LogP contribution in [-0.4, -0.2) is 21.9 Å². The van der Waals surface area contributed by atoms with Gasteiger partial charge in [-0.15, -0.1) is 0 Å². The van der Waals surface area contributed by atoms with Crippen LogP contribution in [0.15, 0.2) is 30.3 Å². The fraction of sp³-hybridized carbons (Fsp3) is 0.333. The van der Waals surface area contributed by atoms with Crippen LogP contribution < -0.4 is 5.32 Å². The Bertz CT molecular complexity index is 368. The highest BCUT2D eigenvalue weighted by molar-refractivity contribution is 8.22. The second-order valence-corrected chi connectivity index (χ2v) is 5.14. The zero-order valence-electron chi connectivity index (χ0n) is 9.39. The van der Waals surface area contributed by atoms with E-state index in [0.717, 1.165) is 10.1 Å². The van der Waals surface area contributed by atoms with E-state index in [4.69, 9.17) is 17.3 Å². The van der Waals surface area contributed by atoms with Crippen molar-refractivity contribution in [2.45, 2.75) is 18.6 Å². The summed E-state index contributed by atoms with van der Waals surface area (Å²) >= 11 is 6.70. The zero-order valence-corrected chi connectivity index (χ0v) is 11.0. The molecular formula is C12H15NO2S2. The second-order valence-electron chi connectivity index (χ2n) is 3.49. The molecule has 0 aliphatic rings. The van der Waals surface area contributed by atoms with Gasteiger partial charge in [-0.3, -0.25) is 4.79 Å². The Morgan fingerprint density at radius 2 is 2.06 bits per heavy atom. The number of thiocarbonyl (C=S) groups is 1. The molecule has 0 saturated carbocycles. The summed E-state index contributed by atoms with van der Waals surface area (Å²) in [5.74, 6) is 0.0701. The van der Waals surface area contributed by atoms with Gasteiger partial charge in [0.15, 0.2) is 0 Å². The van der Waals surface area contributed by atoms with Crippen molar-refractivity contribution in [3.8, 4) is 0 Å². The van der Waals surface area contributed by atoms with Crippen LogP contribution in [0.5, 0.6) is 0 Å². The first-order valence-electron chi connectivity index (χ1n) is 5.35. The molecular weight excluding hydrogens is 254 g/mol. The molecule has 0 bridgehead atoms. The summed E-state index contributed by atoms with van der Waals surface area (Å²) < 4.78 is 0.722. The number of hydrogen-bond acceptors (Lipinski definition) is 3. The van der Waals surface area contributed by atoms with Crippen molar-refractivity contribution in [1.82, 2.24) is 5.32 Å². The molecule has 0 aliphatic carbocycles. The van der Waals surface area contributed by atoms with Crippen molar-refractivity contribution in [1.29, 1.82) is 0 Å². The molecule has 0 aromatic heterocycles. The molecule has 0 spiro atoms. The maximum absolute atomic E-state index is 10.3. The third kappa shape index (κ3) is 6.97. The number of hydrogen-bond donors (Lipinski definition) is 2. The minimum absolute atomic E-state index is 0.180. The summed E-state index contributed by atoms with van der Waals surface area (Å²) in [6, 6.07) is 10.1. The Morgan fingerprint density at radius 3 is 2.71 bits per heavy atom. The van der Waals surface area contributed by atoms with Crippen molar-refractivity contribution in [2.75, 3.05) is 6.54 Å². The number of thioether (sulfide) groups is 1. The van der Waals surface area contributed by atoms with Crippen LogP contribution in [0.2, 0.25) is 0 Å². The van der Waals surface area contributed by atoms with Crippen LogP contribution >= 0.6 is 24.0 Å². The smallest absolute Gasteiger partial charge is 0.303 e. The van der Waals surface area contributed by atoms with Crippen LogP contribution in [0.4, 0.5) is 0 Å². The predicted octanol–water partition coefficient (Wildman–Crippen LogP) is 2.66. The predicted molar refractivity (Wildman–Crippen MR) is 75.2 cm³/mol. The van der Waals surface area contributed by atoms with E-state index in [9.17, 15) is 4.79 Å². The van der Waals surface area contributed by atoms with E-state index in [0.29, 0.717) is 13.0 Å². The Morgan fingerprint density at radius 1 is 1.35 bits per heavy atom. The van der Waals surface area contributed by atoms with Crippen molar-refractivity contribution in [3.63, 3.8) is 0 Å². The molecule has 1 rings (SSSR count). The molecule has 3 nitrogen and oxygen atoms in total. The number of rotatable bonds is 6. The summed E-state index contributed by atoms with van der Waals surface area (Å²) in [5.41, 5.74) is 1.23. The van der Waals surface area contributed by atoms with E-state index in [1.807, 2.05) is 18.2 Å². The molecule has 0 heterocycles. The van der Waals surface area contributed by atoms with E-state index < -0.39 is 5.97 Å². The number of carboxylic acids is 1. The van der Waals surface area contributed by atoms with Gasteiger partial charge >= 0.3 is 5.97 Å². The molecule has 0 radical (unpaired) electrons. The third-order valence-electron chi connectivity index (χ3n) is 2.05. The van der Waals surface area contributed by atoms with Crippen LogP contribution in [-0.2, 0) is 10.5 Å². The third-order valence-corrected chi connectivity index (χ3v) is 3.43.